The molecule has 0 bridgehead atoms. The Hall–Kier alpha value is -2.54. The van der Waals surface area contributed by atoms with Crippen LogP contribution >= 0.6 is 11.6 Å². The molecule has 2 rings (SSSR count). The van der Waals surface area contributed by atoms with Gasteiger partial charge in [-0.25, -0.2) is 5.43 Å². The summed E-state index contributed by atoms with van der Waals surface area (Å²) in [5.74, 6) is 0.750. The number of aromatic nitrogens is 2. The van der Waals surface area contributed by atoms with E-state index in [1.807, 2.05) is 0 Å². The Morgan fingerprint density at radius 1 is 1.36 bits per heavy atom. The van der Waals surface area contributed by atoms with Crippen LogP contribution in [0.5, 0.6) is 11.5 Å². The second-order valence-electron chi connectivity index (χ2n) is 4.28. The number of hydrazone groups is 1. The van der Waals surface area contributed by atoms with E-state index in [2.05, 4.69) is 15.6 Å². The lowest BCUT2D eigenvalue weighted by Gasteiger charge is -2.07. The summed E-state index contributed by atoms with van der Waals surface area (Å²) in [4.78, 5) is 11.9. The van der Waals surface area contributed by atoms with E-state index in [1.165, 1.54) is 17.1 Å². The van der Waals surface area contributed by atoms with E-state index >= 15 is 0 Å². The molecule has 8 heteroatoms. The lowest BCUT2D eigenvalue weighted by atomic mass is 10.2. The van der Waals surface area contributed by atoms with Gasteiger partial charge in [0.25, 0.3) is 5.91 Å². The molecular weight excluding hydrogens is 308 g/mol. The van der Waals surface area contributed by atoms with Crippen LogP contribution in [0.3, 0.4) is 0 Å². The molecule has 0 aliphatic carbocycles. The van der Waals surface area contributed by atoms with E-state index in [4.69, 9.17) is 21.1 Å². The van der Waals surface area contributed by atoms with Gasteiger partial charge in [-0.1, -0.05) is 11.6 Å². The van der Waals surface area contributed by atoms with Gasteiger partial charge in [0.2, 0.25) is 0 Å². The Balaban J connectivity index is 2.08. The molecule has 0 unspecified atom stereocenters. The van der Waals surface area contributed by atoms with Gasteiger partial charge < -0.3 is 9.47 Å². The van der Waals surface area contributed by atoms with E-state index < -0.39 is 5.91 Å². The van der Waals surface area contributed by atoms with Crippen LogP contribution in [0.15, 0.2) is 29.5 Å². The van der Waals surface area contributed by atoms with Gasteiger partial charge in [0.15, 0.2) is 11.5 Å². The van der Waals surface area contributed by atoms with Crippen molar-refractivity contribution in [3.05, 3.63) is 40.7 Å². The minimum absolute atomic E-state index is 0.242. The minimum atomic E-state index is -0.443. The summed E-state index contributed by atoms with van der Waals surface area (Å²) in [6.45, 7) is 0. The topological polar surface area (TPSA) is 77.7 Å². The highest BCUT2D eigenvalue weighted by Crippen LogP contribution is 2.26. The van der Waals surface area contributed by atoms with Gasteiger partial charge in [0.1, 0.15) is 5.69 Å². The molecule has 0 aliphatic rings. The second kappa shape index (κ2) is 6.95. The van der Waals surface area contributed by atoms with Gasteiger partial charge in [0.05, 0.1) is 31.7 Å². The highest BCUT2D eigenvalue weighted by atomic mass is 35.5. The fourth-order valence-corrected chi connectivity index (χ4v) is 2.07. The molecule has 0 fully saturated rings. The number of methoxy groups -OCH3 is 2. The fourth-order valence-electron chi connectivity index (χ4n) is 1.82. The summed E-state index contributed by atoms with van der Waals surface area (Å²) in [5, 5.41) is 8.04. The molecule has 1 amide bonds. The lowest BCUT2D eigenvalue weighted by molar-refractivity contribution is 0.0946. The maximum atomic E-state index is 11.9. The molecule has 116 valence electrons. The van der Waals surface area contributed by atoms with Crippen LogP contribution in [-0.4, -0.2) is 36.1 Å². The zero-order chi connectivity index (χ0) is 16.1. The van der Waals surface area contributed by atoms with Crippen LogP contribution in [0.1, 0.15) is 16.1 Å². The minimum Gasteiger partial charge on any atom is -0.493 e. The SMILES string of the molecule is COc1ccc(C=NNC(=O)c2c(Cl)cnn2C)cc1OC. The van der Waals surface area contributed by atoms with Crippen LogP contribution in [0, 0.1) is 0 Å². The molecule has 2 aromatic rings. The van der Waals surface area contributed by atoms with Crippen LogP contribution in [-0.2, 0) is 7.05 Å². The summed E-state index contributed by atoms with van der Waals surface area (Å²) in [5.41, 5.74) is 3.38. The van der Waals surface area contributed by atoms with Crippen molar-refractivity contribution in [3.63, 3.8) is 0 Å². The highest BCUT2D eigenvalue weighted by Gasteiger charge is 2.14. The van der Waals surface area contributed by atoms with Gasteiger partial charge in [-0.15, -0.1) is 0 Å². The maximum absolute atomic E-state index is 11.9. The number of benzene rings is 1. The first-order valence-electron chi connectivity index (χ1n) is 6.29. The number of halogens is 1. The zero-order valence-electron chi connectivity index (χ0n) is 12.3. The highest BCUT2D eigenvalue weighted by molar-refractivity contribution is 6.33. The van der Waals surface area contributed by atoms with E-state index in [9.17, 15) is 4.79 Å². The third-order valence-corrected chi connectivity index (χ3v) is 3.17. The number of nitrogens with one attached hydrogen (secondary N) is 1. The average molecular weight is 323 g/mol. The van der Waals surface area contributed by atoms with Crippen molar-refractivity contribution in [1.82, 2.24) is 15.2 Å². The number of carbonyl (C=O) groups excluding carboxylic acids is 1. The first-order valence-corrected chi connectivity index (χ1v) is 6.67. The molecule has 0 atom stereocenters. The summed E-state index contributed by atoms with van der Waals surface area (Å²) in [6, 6.07) is 5.28. The van der Waals surface area contributed by atoms with E-state index in [0.717, 1.165) is 5.56 Å². The van der Waals surface area contributed by atoms with Crippen molar-refractivity contribution in [1.29, 1.82) is 0 Å². The predicted octanol–water partition coefficient (Wildman–Crippen LogP) is 1.85. The molecule has 0 spiro atoms. The van der Waals surface area contributed by atoms with Crippen molar-refractivity contribution < 1.29 is 14.3 Å². The fraction of sp³-hybridized carbons (Fsp3) is 0.214. The summed E-state index contributed by atoms with van der Waals surface area (Å²) in [6.07, 6.45) is 2.89. The smallest absolute Gasteiger partial charge is 0.291 e. The average Bonchev–Trinajstić information content (AvgIpc) is 2.86. The molecule has 1 N–H and O–H groups in total. The molecular formula is C14H15ClN4O3. The molecule has 0 radical (unpaired) electrons. The number of ether oxygens (including phenoxy) is 2. The van der Waals surface area contributed by atoms with Gasteiger partial charge in [-0.3, -0.25) is 9.48 Å². The zero-order valence-corrected chi connectivity index (χ0v) is 13.1. The van der Waals surface area contributed by atoms with Crippen LogP contribution in [0.25, 0.3) is 0 Å². The number of amides is 1. The van der Waals surface area contributed by atoms with Crippen LogP contribution in [0.2, 0.25) is 5.02 Å². The molecule has 1 aromatic heterocycles. The van der Waals surface area contributed by atoms with Gasteiger partial charge in [-0.2, -0.15) is 10.2 Å². The Bertz CT molecular complexity index is 693. The van der Waals surface area contributed by atoms with E-state index in [1.54, 1.807) is 39.5 Å². The monoisotopic (exact) mass is 322 g/mol. The first kappa shape index (κ1) is 15.8. The second-order valence-corrected chi connectivity index (χ2v) is 4.69. The summed E-state index contributed by atoms with van der Waals surface area (Å²) >= 11 is 5.88. The molecule has 22 heavy (non-hydrogen) atoms. The molecule has 7 nitrogen and oxygen atoms in total. The normalized spacial score (nSPS) is 10.7. The van der Waals surface area contributed by atoms with Crippen molar-refractivity contribution >= 4 is 23.7 Å². The Kier molecular flexibility index (Phi) is 5.00. The number of hydrogen-bond donors (Lipinski definition) is 1. The van der Waals surface area contributed by atoms with Crippen LogP contribution in [0.4, 0.5) is 0 Å². The standard InChI is InChI=1S/C14H15ClN4O3/c1-19-13(10(15)8-17-19)14(20)18-16-7-9-4-5-11(21-2)12(6-9)22-3/h4-8H,1-3H3,(H,18,20). The van der Waals surface area contributed by atoms with Crippen molar-refractivity contribution in [2.24, 2.45) is 12.1 Å². The quantitative estimate of drug-likeness (QED) is 0.673. The Morgan fingerprint density at radius 2 is 2.09 bits per heavy atom. The molecule has 0 saturated heterocycles. The summed E-state index contributed by atoms with van der Waals surface area (Å²) in [7, 11) is 4.73. The number of aryl methyl sites for hydroxylation is 1. The summed E-state index contributed by atoms with van der Waals surface area (Å²) < 4.78 is 11.7. The molecule has 1 aromatic carbocycles. The van der Waals surface area contributed by atoms with Gasteiger partial charge in [0, 0.05) is 7.05 Å². The number of nitrogens with zero attached hydrogens (tertiary/aromatic N) is 3. The third kappa shape index (κ3) is 3.37. The van der Waals surface area contributed by atoms with Gasteiger partial charge >= 0.3 is 0 Å². The van der Waals surface area contributed by atoms with E-state index in [0.29, 0.717) is 11.5 Å². The Labute approximate surface area is 132 Å². The number of carbonyl (C=O) groups is 1. The van der Waals surface area contributed by atoms with Crippen LogP contribution < -0.4 is 14.9 Å². The first-order chi connectivity index (χ1) is 10.6. The molecule has 1 heterocycles. The van der Waals surface area contributed by atoms with Crippen molar-refractivity contribution in [2.75, 3.05) is 14.2 Å². The number of hydrogen-bond acceptors (Lipinski definition) is 5. The van der Waals surface area contributed by atoms with Gasteiger partial charge in [-0.05, 0) is 23.8 Å². The molecule has 0 aliphatic heterocycles. The maximum Gasteiger partial charge on any atom is 0.291 e. The largest absolute Gasteiger partial charge is 0.493 e. The third-order valence-electron chi connectivity index (χ3n) is 2.90. The van der Waals surface area contributed by atoms with Crippen molar-refractivity contribution in [3.8, 4) is 11.5 Å². The Morgan fingerprint density at radius 3 is 2.68 bits per heavy atom. The van der Waals surface area contributed by atoms with E-state index in [-0.39, 0.29) is 10.7 Å². The predicted molar refractivity (Wildman–Crippen MR) is 82.8 cm³/mol. The lowest BCUT2D eigenvalue weighted by Crippen LogP contribution is -2.21. The number of rotatable bonds is 5. The van der Waals surface area contributed by atoms with Crippen molar-refractivity contribution in [2.45, 2.75) is 0 Å². The molecule has 0 saturated carbocycles.